The third-order valence-electron chi connectivity index (χ3n) is 4.17. The topological polar surface area (TPSA) is 93.4 Å². The lowest BCUT2D eigenvalue weighted by Crippen LogP contribution is -2.34. The molecule has 1 aromatic carbocycles. The van der Waals surface area contributed by atoms with Gasteiger partial charge in [0, 0.05) is 10.4 Å². The van der Waals surface area contributed by atoms with Crippen LogP contribution in [-0.2, 0) is 0 Å². The van der Waals surface area contributed by atoms with Gasteiger partial charge in [0.25, 0.3) is 11.8 Å². The minimum Gasteiger partial charge on any atom is -0.494 e. The number of nitrogens with two attached hydrogens (primary N) is 1. The zero-order chi connectivity index (χ0) is 20.8. The van der Waals surface area contributed by atoms with Gasteiger partial charge in [0.2, 0.25) is 0 Å². The Labute approximate surface area is 174 Å². The van der Waals surface area contributed by atoms with Crippen molar-refractivity contribution in [3.63, 3.8) is 0 Å². The van der Waals surface area contributed by atoms with Gasteiger partial charge in [0.1, 0.15) is 10.8 Å². The van der Waals surface area contributed by atoms with Crippen molar-refractivity contribution >= 4 is 45.5 Å². The Kier molecular flexibility index (Phi) is 7.53. The van der Waals surface area contributed by atoms with Crippen LogP contribution in [0.1, 0.15) is 51.4 Å². The molecule has 0 radical (unpaired) electrons. The van der Waals surface area contributed by atoms with Crippen molar-refractivity contribution in [2.75, 3.05) is 11.9 Å². The summed E-state index contributed by atoms with van der Waals surface area (Å²) < 4.78 is 5.65. The quantitative estimate of drug-likeness (QED) is 0.590. The van der Waals surface area contributed by atoms with Crippen molar-refractivity contribution in [3.8, 4) is 5.75 Å². The van der Waals surface area contributed by atoms with Gasteiger partial charge in [-0.2, -0.15) is 0 Å². The van der Waals surface area contributed by atoms with Gasteiger partial charge in [-0.05, 0) is 68.2 Å². The normalized spacial score (nSPS) is 10.6. The molecule has 0 aliphatic heterocycles. The number of rotatable bonds is 7. The van der Waals surface area contributed by atoms with Gasteiger partial charge in [-0.3, -0.25) is 14.9 Å². The molecular weight excluding hydrogens is 394 g/mol. The zero-order valence-corrected chi connectivity index (χ0v) is 18.1. The fraction of sp³-hybridized carbons (Fsp3) is 0.350. The SMILES string of the molecule is Cc1sc(NC(=S)NC(=O)c2ccc(OCCC(C)C)cc2)c(C(N)=O)c1C. The fourth-order valence-corrected chi connectivity index (χ4v) is 3.77. The number of hydrogen-bond acceptors (Lipinski definition) is 5. The van der Waals surface area contributed by atoms with Crippen LogP contribution in [0, 0.1) is 19.8 Å². The van der Waals surface area contributed by atoms with E-state index >= 15 is 0 Å². The highest BCUT2D eigenvalue weighted by Crippen LogP contribution is 2.31. The molecule has 0 aliphatic rings. The first-order valence-electron chi connectivity index (χ1n) is 8.94. The van der Waals surface area contributed by atoms with Crippen LogP contribution >= 0.6 is 23.6 Å². The summed E-state index contributed by atoms with van der Waals surface area (Å²) in [6, 6.07) is 6.86. The Balaban J connectivity index is 1.97. The fourth-order valence-electron chi connectivity index (χ4n) is 2.44. The van der Waals surface area contributed by atoms with Crippen LogP contribution in [0.15, 0.2) is 24.3 Å². The Morgan fingerprint density at radius 2 is 1.86 bits per heavy atom. The minimum atomic E-state index is -0.536. The molecule has 0 spiro atoms. The summed E-state index contributed by atoms with van der Waals surface area (Å²) in [5.41, 5.74) is 7.10. The number of thiocarbonyl (C=S) groups is 1. The number of amides is 2. The van der Waals surface area contributed by atoms with Crippen molar-refractivity contribution in [2.24, 2.45) is 11.7 Å². The van der Waals surface area contributed by atoms with E-state index in [1.54, 1.807) is 24.3 Å². The zero-order valence-electron chi connectivity index (χ0n) is 16.4. The summed E-state index contributed by atoms with van der Waals surface area (Å²) in [7, 11) is 0. The van der Waals surface area contributed by atoms with E-state index < -0.39 is 5.91 Å². The predicted octanol–water partition coefficient (Wildman–Crippen LogP) is 4.02. The van der Waals surface area contributed by atoms with E-state index in [0.29, 0.717) is 34.4 Å². The second-order valence-corrected chi connectivity index (χ2v) is 8.45. The molecule has 1 heterocycles. The molecule has 0 atom stereocenters. The monoisotopic (exact) mass is 419 g/mol. The van der Waals surface area contributed by atoms with Gasteiger partial charge in [-0.25, -0.2) is 0 Å². The smallest absolute Gasteiger partial charge is 0.257 e. The van der Waals surface area contributed by atoms with Crippen molar-refractivity contribution < 1.29 is 14.3 Å². The van der Waals surface area contributed by atoms with Crippen LogP contribution in [-0.4, -0.2) is 23.5 Å². The molecular formula is C20H25N3O3S2. The Morgan fingerprint density at radius 1 is 1.21 bits per heavy atom. The molecule has 4 N–H and O–H groups in total. The molecule has 0 unspecified atom stereocenters. The van der Waals surface area contributed by atoms with Gasteiger partial charge in [0.15, 0.2) is 5.11 Å². The molecule has 2 aromatic rings. The van der Waals surface area contributed by atoms with Crippen molar-refractivity contribution in [1.82, 2.24) is 5.32 Å². The molecule has 2 rings (SSSR count). The van der Waals surface area contributed by atoms with Gasteiger partial charge >= 0.3 is 0 Å². The van der Waals surface area contributed by atoms with E-state index in [2.05, 4.69) is 24.5 Å². The number of anilines is 1. The maximum Gasteiger partial charge on any atom is 0.257 e. The van der Waals surface area contributed by atoms with Crippen LogP contribution < -0.4 is 21.1 Å². The van der Waals surface area contributed by atoms with Crippen LogP contribution in [0.4, 0.5) is 5.00 Å². The largest absolute Gasteiger partial charge is 0.494 e. The molecule has 6 nitrogen and oxygen atoms in total. The van der Waals surface area contributed by atoms with E-state index in [9.17, 15) is 9.59 Å². The molecule has 150 valence electrons. The summed E-state index contributed by atoms with van der Waals surface area (Å²) >= 11 is 6.57. The number of nitrogens with one attached hydrogen (secondary N) is 2. The Bertz CT molecular complexity index is 874. The summed E-state index contributed by atoms with van der Waals surface area (Å²) in [6.45, 7) is 8.63. The van der Waals surface area contributed by atoms with Crippen LogP contribution in [0.2, 0.25) is 0 Å². The molecule has 1 aromatic heterocycles. The molecule has 0 aliphatic carbocycles. The van der Waals surface area contributed by atoms with Gasteiger partial charge in [0.05, 0.1) is 12.2 Å². The molecule has 0 saturated carbocycles. The summed E-state index contributed by atoms with van der Waals surface area (Å²) in [4.78, 5) is 25.0. The number of aryl methyl sites for hydroxylation is 1. The van der Waals surface area contributed by atoms with E-state index in [1.807, 2.05) is 13.8 Å². The highest BCUT2D eigenvalue weighted by Gasteiger charge is 2.18. The van der Waals surface area contributed by atoms with E-state index in [1.165, 1.54) is 11.3 Å². The lowest BCUT2D eigenvalue weighted by Gasteiger charge is -2.11. The van der Waals surface area contributed by atoms with Gasteiger partial charge < -0.3 is 15.8 Å². The maximum absolute atomic E-state index is 12.4. The van der Waals surface area contributed by atoms with Crippen molar-refractivity contribution in [1.29, 1.82) is 0 Å². The van der Waals surface area contributed by atoms with Crippen LogP contribution in [0.25, 0.3) is 0 Å². The molecule has 0 fully saturated rings. The summed E-state index contributed by atoms with van der Waals surface area (Å²) in [5.74, 6) is 0.404. The van der Waals surface area contributed by atoms with E-state index in [-0.39, 0.29) is 11.0 Å². The third kappa shape index (κ3) is 5.77. The average molecular weight is 420 g/mol. The average Bonchev–Trinajstić information content (AvgIpc) is 2.88. The van der Waals surface area contributed by atoms with Crippen LogP contribution in [0.3, 0.4) is 0 Å². The third-order valence-corrected chi connectivity index (χ3v) is 5.49. The lowest BCUT2D eigenvalue weighted by molar-refractivity contribution is 0.0975. The number of thiophene rings is 1. The standard InChI is InChI=1S/C20H25N3O3S2/c1-11(2)9-10-26-15-7-5-14(6-8-15)18(25)22-20(27)23-19-16(17(21)24)12(3)13(4)28-19/h5-8,11H,9-10H2,1-4H3,(H2,21,24)(H2,22,23,25,27). The summed E-state index contributed by atoms with van der Waals surface area (Å²) in [5, 5.41) is 6.14. The van der Waals surface area contributed by atoms with Crippen molar-refractivity contribution in [3.05, 3.63) is 45.8 Å². The molecule has 0 bridgehead atoms. The van der Waals surface area contributed by atoms with Crippen molar-refractivity contribution in [2.45, 2.75) is 34.1 Å². The number of ether oxygens (including phenoxy) is 1. The highest BCUT2D eigenvalue weighted by molar-refractivity contribution is 7.80. The van der Waals surface area contributed by atoms with E-state index in [0.717, 1.165) is 16.9 Å². The number of benzene rings is 1. The van der Waals surface area contributed by atoms with E-state index in [4.69, 9.17) is 22.7 Å². The molecule has 8 heteroatoms. The predicted molar refractivity (Wildman–Crippen MR) is 117 cm³/mol. The number of hydrogen-bond donors (Lipinski definition) is 3. The van der Waals surface area contributed by atoms with Gasteiger partial charge in [-0.1, -0.05) is 13.8 Å². The summed E-state index contributed by atoms with van der Waals surface area (Å²) in [6.07, 6.45) is 0.969. The second-order valence-electron chi connectivity index (χ2n) is 6.82. The number of carbonyl (C=O) groups excluding carboxylic acids is 2. The first-order chi connectivity index (χ1) is 13.2. The molecule has 2 amide bonds. The highest BCUT2D eigenvalue weighted by atomic mass is 32.1. The first kappa shape index (κ1) is 21.8. The first-order valence-corrected chi connectivity index (χ1v) is 10.2. The minimum absolute atomic E-state index is 0.103. The second kappa shape index (κ2) is 9.66. The Hall–Kier alpha value is -2.45. The Morgan fingerprint density at radius 3 is 2.43 bits per heavy atom. The van der Waals surface area contributed by atoms with Gasteiger partial charge in [-0.15, -0.1) is 11.3 Å². The van der Waals surface area contributed by atoms with Crippen LogP contribution in [0.5, 0.6) is 5.75 Å². The lowest BCUT2D eigenvalue weighted by atomic mass is 10.1. The maximum atomic E-state index is 12.4. The number of primary amides is 1. The molecule has 0 saturated heterocycles. The molecule has 28 heavy (non-hydrogen) atoms. The number of carbonyl (C=O) groups is 2.